The summed E-state index contributed by atoms with van der Waals surface area (Å²) in [6, 6.07) is 5.61. The van der Waals surface area contributed by atoms with Crippen LogP contribution < -0.4 is 30.1 Å². The minimum Gasteiger partial charge on any atom is -1.00 e. The second-order valence-corrected chi connectivity index (χ2v) is 5.21. The second-order valence-electron chi connectivity index (χ2n) is 4.37. The van der Waals surface area contributed by atoms with Crippen LogP contribution in [0.2, 0.25) is 10.0 Å². The van der Waals surface area contributed by atoms with E-state index in [1.54, 1.807) is 6.07 Å². The first-order chi connectivity index (χ1) is 8.75. The number of hydrogen-bond acceptors (Lipinski definition) is 3. The molecular formula is C13H18Cl4N2O-2. The standard InChI is InChI=1S/C13H18Cl2N2O.2ClH/c14-12-2-1-11(13(15)9-12)10-16-3-4-17-5-7-18-8-6-17;;/h1-2,9,16H,3-8,10H2;2*1H/p-2. The summed E-state index contributed by atoms with van der Waals surface area (Å²) in [6.07, 6.45) is 0. The predicted molar refractivity (Wildman–Crippen MR) is 75.4 cm³/mol. The highest BCUT2D eigenvalue weighted by atomic mass is 35.5. The maximum Gasteiger partial charge on any atom is 0.0594 e. The second kappa shape index (κ2) is 10.9. The summed E-state index contributed by atoms with van der Waals surface area (Å²) < 4.78 is 5.31. The molecule has 1 saturated heterocycles. The van der Waals surface area contributed by atoms with Gasteiger partial charge in [0.2, 0.25) is 0 Å². The van der Waals surface area contributed by atoms with Gasteiger partial charge in [-0.1, -0.05) is 29.3 Å². The van der Waals surface area contributed by atoms with Crippen molar-refractivity contribution >= 4 is 23.2 Å². The molecule has 2 rings (SSSR count). The van der Waals surface area contributed by atoms with Crippen LogP contribution in [-0.2, 0) is 11.3 Å². The lowest BCUT2D eigenvalue weighted by Gasteiger charge is -2.26. The topological polar surface area (TPSA) is 24.5 Å². The first-order valence-electron chi connectivity index (χ1n) is 6.20. The van der Waals surface area contributed by atoms with E-state index >= 15 is 0 Å². The largest absolute Gasteiger partial charge is 1.00 e. The van der Waals surface area contributed by atoms with E-state index in [1.807, 2.05) is 12.1 Å². The summed E-state index contributed by atoms with van der Waals surface area (Å²) in [6.45, 7) is 6.55. The summed E-state index contributed by atoms with van der Waals surface area (Å²) >= 11 is 12.0. The maximum atomic E-state index is 6.11. The van der Waals surface area contributed by atoms with Crippen LogP contribution in [0.5, 0.6) is 0 Å². The molecule has 1 aromatic rings. The smallest absolute Gasteiger partial charge is 0.0594 e. The molecule has 0 radical (unpaired) electrons. The molecule has 20 heavy (non-hydrogen) atoms. The van der Waals surface area contributed by atoms with Gasteiger partial charge in [0.15, 0.2) is 0 Å². The van der Waals surface area contributed by atoms with Crippen LogP contribution in [0, 0.1) is 0 Å². The minimum atomic E-state index is 0. The summed E-state index contributed by atoms with van der Waals surface area (Å²) in [4.78, 5) is 2.40. The number of rotatable bonds is 5. The Kier molecular flexibility index (Phi) is 11.1. The van der Waals surface area contributed by atoms with Gasteiger partial charge in [0, 0.05) is 42.8 Å². The molecule has 1 aliphatic rings. The lowest BCUT2D eigenvalue weighted by Crippen LogP contribution is -3.00. The molecule has 116 valence electrons. The van der Waals surface area contributed by atoms with E-state index in [0.717, 1.165) is 56.5 Å². The summed E-state index contributed by atoms with van der Waals surface area (Å²) in [5.74, 6) is 0. The van der Waals surface area contributed by atoms with Crippen LogP contribution in [0.4, 0.5) is 0 Å². The van der Waals surface area contributed by atoms with Gasteiger partial charge in [0.1, 0.15) is 0 Å². The average molecular weight is 360 g/mol. The van der Waals surface area contributed by atoms with E-state index in [4.69, 9.17) is 27.9 Å². The van der Waals surface area contributed by atoms with Gasteiger partial charge in [-0.2, -0.15) is 0 Å². The van der Waals surface area contributed by atoms with Crippen molar-refractivity contribution in [2.75, 3.05) is 39.4 Å². The zero-order valence-corrected chi connectivity index (χ0v) is 14.1. The van der Waals surface area contributed by atoms with Crippen molar-refractivity contribution in [3.8, 4) is 0 Å². The average Bonchev–Trinajstić information content (AvgIpc) is 2.38. The molecule has 7 heteroatoms. The molecule has 1 aromatic carbocycles. The van der Waals surface area contributed by atoms with E-state index in [0.29, 0.717) is 5.02 Å². The first kappa shape index (κ1) is 20.3. The minimum absolute atomic E-state index is 0. The van der Waals surface area contributed by atoms with Gasteiger partial charge in [-0.3, -0.25) is 4.90 Å². The van der Waals surface area contributed by atoms with E-state index in [-0.39, 0.29) is 24.8 Å². The van der Waals surface area contributed by atoms with E-state index in [9.17, 15) is 0 Å². The lowest BCUT2D eigenvalue weighted by molar-refractivity contribution is -0.001000. The van der Waals surface area contributed by atoms with Gasteiger partial charge < -0.3 is 34.9 Å². The third kappa shape index (κ3) is 6.81. The normalized spacial score (nSPS) is 15.3. The third-order valence-corrected chi connectivity index (χ3v) is 3.63. The molecule has 0 atom stereocenters. The highest BCUT2D eigenvalue weighted by Crippen LogP contribution is 2.20. The number of halogens is 4. The molecule has 0 aliphatic carbocycles. The van der Waals surface area contributed by atoms with Crippen molar-refractivity contribution in [3.05, 3.63) is 33.8 Å². The fraction of sp³-hybridized carbons (Fsp3) is 0.538. The van der Waals surface area contributed by atoms with Gasteiger partial charge in [-0.05, 0) is 17.7 Å². The van der Waals surface area contributed by atoms with E-state index < -0.39 is 0 Å². The number of benzene rings is 1. The van der Waals surface area contributed by atoms with Gasteiger partial charge >= 0.3 is 0 Å². The van der Waals surface area contributed by atoms with Crippen molar-refractivity contribution in [2.45, 2.75) is 6.54 Å². The number of ether oxygens (including phenoxy) is 1. The molecule has 0 unspecified atom stereocenters. The maximum absolute atomic E-state index is 6.11. The predicted octanol–water partition coefficient (Wildman–Crippen LogP) is -3.58. The molecule has 1 heterocycles. The SMILES string of the molecule is Clc1ccc(CNCCN2CCOCC2)c(Cl)c1.[Cl-].[Cl-]. The van der Waals surface area contributed by atoms with E-state index in [2.05, 4.69) is 10.2 Å². The molecule has 0 saturated carbocycles. The first-order valence-corrected chi connectivity index (χ1v) is 6.96. The van der Waals surface area contributed by atoms with Gasteiger partial charge in [0.25, 0.3) is 0 Å². The molecule has 0 aromatic heterocycles. The Bertz CT molecular complexity index is 387. The molecule has 0 bridgehead atoms. The highest BCUT2D eigenvalue weighted by molar-refractivity contribution is 6.35. The molecular weight excluding hydrogens is 342 g/mol. The van der Waals surface area contributed by atoms with Crippen LogP contribution >= 0.6 is 23.2 Å². The molecule has 1 fully saturated rings. The van der Waals surface area contributed by atoms with Crippen molar-refractivity contribution < 1.29 is 29.6 Å². The summed E-state index contributed by atoms with van der Waals surface area (Å²) in [5.41, 5.74) is 1.09. The fourth-order valence-corrected chi connectivity index (χ4v) is 2.43. The van der Waals surface area contributed by atoms with Gasteiger partial charge in [-0.25, -0.2) is 0 Å². The summed E-state index contributed by atoms with van der Waals surface area (Å²) in [7, 11) is 0. The zero-order valence-electron chi connectivity index (χ0n) is 11.0. The number of nitrogens with one attached hydrogen (secondary N) is 1. The molecule has 3 nitrogen and oxygen atoms in total. The Hall–Kier alpha value is 0.260. The van der Waals surface area contributed by atoms with Crippen LogP contribution in [-0.4, -0.2) is 44.3 Å². The van der Waals surface area contributed by atoms with Crippen LogP contribution in [0.25, 0.3) is 0 Å². The third-order valence-electron chi connectivity index (χ3n) is 3.04. The number of morpholine rings is 1. The van der Waals surface area contributed by atoms with Crippen LogP contribution in [0.1, 0.15) is 5.56 Å². The fourth-order valence-electron chi connectivity index (χ4n) is 1.95. The van der Waals surface area contributed by atoms with Crippen molar-refractivity contribution in [3.63, 3.8) is 0 Å². The zero-order chi connectivity index (χ0) is 12.8. The molecule has 1 aliphatic heterocycles. The number of hydrogen-bond donors (Lipinski definition) is 1. The Balaban J connectivity index is 0.00000180. The van der Waals surface area contributed by atoms with E-state index in [1.165, 1.54) is 0 Å². The Morgan fingerprint density at radius 1 is 1.15 bits per heavy atom. The van der Waals surface area contributed by atoms with Crippen molar-refractivity contribution in [2.24, 2.45) is 0 Å². The lowest BCUT2D eigenvalue weighted by atomic mass is 10.2. The molecule has 0 spiro atoms. The Labute approximate surface area is 142 Å². The molecule has 1 N–H and O–H groups in total. The van der Waals surface area contributed by atoms with Crippen molar-refractivity contribution in [1.82, 2.24) is 10.2 Å². The Morgan fingerprint density at radius 3 is 2.50 bits per heavy atom. The van der Waals surface area contributed by atoms with Crippen molar-refractivity contribution in [1.29, 1.82) is 0 Å². The van der Waals surface area contributed by atoms with Gasteiger partial charge in [-0.15, -0.1) is 0 Å². The van der Waals surface area contributed by atoms with Crippen LogP contribution in [0.15, 0.2) is 18.2 Å². The quantitative estimate of drug-likeness (QED) is 0.550. The molecule has 0 amide bonds. The monoisotopic (exact) mass is 358 g/mol. The highest BCUT2D eigenvalue weighted by Gasteiger charge is 2.09. The van der Waals surface area contributed by atoms with Gasteiger partial charge in [0.05, 0.1) is 13.2 Å². The Morgan fingerprint density at radius 2 is 1.85 bits per heavy atom. The van der Waals surface area contributed by atoms with Crippen LogP contribution in [0.3, 0.4) is 0 Å². The number of nitrogens with zero attached hydrogens (tertiary/aromatic N) is 1. The summed E-state index contributed by atoms with van der Waals surface area (Å²) in [5, 5.41) is 4.80.